The lowest BCUT2D eigenvalue weighted by molar-refractivity contribution is -0.161. The summed E-state index contributed by atoms with van der Waals surface area (Å²) in [5.41, 5.74) is 0.251. The summed E-state index contributed by atoms with van der Waals surface area (Å²) in [5.74, 6) is -4.42. The lowest BCUT2D eigenvalue weighted by Gasteiger charge is -2.44. The van der Waals surface area contributed by atoms with E-state index in [1.165, 1.54) is 45.8 Å². The summed E-state index contributed by atoms with van der Waals surface area (Å²) in [5, 5.41) is 23.7. The normalized spacial score (nSPS) is 25.3. The number of urea groups is 1. The van der Waals surface area contributed by atoms with Crippen LogP contribution in [-0.4, -0.2) is 102 Å². The number of aliphatic carboxylic acids is 1. The average Bonchev–Trinajstić information content (AvgIpc) is 3.10. The Bertz CT molecular complexity index is 1170. The molecule has 0 aliphatic carbocycles. The van der Waals surface area contributed by atoms with Gasteiger partial charge in [-0.15, -0.1) is 11.8 Å². The first-order valence-corrected chi connectivity index (χ1v) is 12.5. The number of carboxylic acids is 1. The van der Waals surface area contributed by atoms with Gasteiger partial charge in [0, 0.05) is 24.4 Å². The number of likely N-dealkylation sites (N-methyl/N-ethyl adjacent to an activating group) is 1. The summed E-state index contributed by atoms with van der Waals surface area (Å²) in [7, 11) is 0. The molecule has 1 aromatic carbocycles. The van der Waals surface area contributed by atoms with Crippen LogP contribution in [0.4, 0.5) is 4.79 Å². The fourth-order valence-corrected chi connectivity index (χ4v) is 6.35. The number of hydrogen-bond donors (Lipinski definition) is 4. The monoisotopic (exact) mass is 533 g/mol. The third-order valence-electron chi connectivity index (χ3n) is 6.66. The van der Waals surface area contributed by atoms with Gasteiger partial charge < -0.3 is 30.6 Å². The second-order valence-electron chi connectivity index (χ2n) is 9.40. The van der Waals surface area contributed by atoms with Gasteiger partial charge in [0.25, 0.3) is 0 Å². The molecule has 4 atom stereocenters. The van der Waals surface area contributed by atoms with Gasteiger partial charge in [-0.25, -0.2) is 9.59 Å². The average molecular weight is 534 g/mol. The molecule has 3 aliphatic heterocycles. The molecule has 6 amide bonds. The van der Waals surface area contributed by atoms with Crippen molar-refractivity contribution in [3.8, 4) is 5.75 Å². The molecule has 14 heteroatoms. The number of carbonyl (C=O) groups is 6. The van der Waals surface area contributed by atoms with Crippen molar-refractivity contribution in [3.05, 3.63) is 29.8 Å². The van der Waals surface area contributed by atoms with Crippen molar-refractivity contribution in [2.24, 2.45) is 0 Å². The van der Waals surface area contributed by atoms with Crippen molar-refractivity contribution in [2.45, 2.75) is 49.0 Å². The molecule has 0 bridgehead atoms. The number of β-lactam (4-membered cyclic amide) rings is 1. The number of fused-ring (bicyclic) bond motifs is 1. The van der Waals surface area contributed by atoms with Crippen molar-refractivity contribution in [1.82, 2.24) is 25.3 Å². The van der Waals surface area contributed by atoms with E-state index < -0.39 is 63.9 Å². The van der Waals surface area contributed by atoms with Gasteiger partial charge in [-0.2, -0.15) is 0 Å². The number of phenolic OH excluding ortho intramolecular Hbond substituents is 1. The quantitative estimate of drug-likeness (QED) is 0.276. The van der Waals surface area contributed by atoms with Crippen LogP contribution < -0.4 is 10.6 Å². The number of carboxylic acid groups (broad SMARTS) is 1. The summed E-state index contributed by atoms with van der Waals surface area (Å²) in [4.78, 5) is 78.8. The van der Waals surface area contributed by atoms with Crippen molar-refractivity contribution >= 4 is 47.4 Å². The number of hydrogen-bond acceptors (Lipinski definition) is 8. The van der Waals surface area contributed by atoms with Gasteiger partial charge in [0.15, 0.2) is 0 Å². The molecule has 1 aromatic rings. The van der Waals surface area contributed by atoms with E-state index in [2.05, 4.69) is 10.6 Å². The third kappa shape index (κ3) is 4.56. The minimum absolute atomic E-state index is 0.0609. The molecule has 0 aromatic heterocycles. The van der Waals surface area contributed by atoms with Crippen LogP contribution in [0.3, 0.4) is 0 Å². The molecule has 0 spiro atoms. The number of amides is 6. The van der Waals surface area contributed by atoms with E-state index in [0.29, 0.717) is 6.54 Å². The standard InChI is InChI=1S/C23H27N5O8S/c1-4-26-9-10-27(19(33)18(26)32)22(36)25-13(11-5-7-12(29)8-6-11)16(30)24-14-17(31)28-15(21(34)35)23(2,3)37-20(14)28/h5-8,13-15,20,29H,4,9-10H2,1-3H3,(H,24,30)(H,25,36)(H,34,35)/t13?,14?,15-,20+/m0/s1. The second-order valence-corrected chi connectivity index (χ2v) is 11.2. The Morgan fingerprint density at radius 3 is 2.35 bits per heavy atom. The van der Waals surface area contributed by atoms with Gasteiger partial charge >= 0.3 is 23.8 Å². The Morgan fingerprint density at radius 1 is 1.11 bits per heavy atom. The molecule has 0 saturated carbocycles. The van der Waals surface area contributed by atoms with Crippen LogP contribution >= 0.6 is 11.8 Å². The largest absolute Gasteiger partial charge is 0.508 e. The summed E-state index contributed by atoms with van der Waals surface area (Å²) >= 11 is 1.25. The van der Waals surface area contributed by atoms with Crippen LogP contribution in [0.1, 0.15) is 32.4 Å². The van der Waals surface area contributed by atoms with Crippen LogP contribution in [-0.2, 0) is 24.0 Å². The summed E-state index contributed by atoms with van der Waals surface area (Å²) < 4.78 is -0.788. The van der Waals surface area contributed by atoms with Gasteiger partial charge in [0.1, 0.15) is 29.2 Å². The van der Waals surface area contributed by atoms with Gasteiger partial charge in [0.2, 0.25) is 11.8 Å². The number of imide groups is 1. The molecule has 3 fully saturated rings. The molecule has 198 valence electrons. The number of nitrogens with zero attached hydrogens (tertiary/aromatic N) is 3. The van der Waals surface area contributed by atoms with Gasteiger partial charge in [-0.1, -0.05) is 12.1 Å². The summed E-state index contributed by atoms with van der Waals surface area (Å²) in [6.07, 6.45) is 0. The molecule has 3 aliphatic rings. The maximum atomic E-state index is 13.3. The minimum atomic E-state index is -1.38. The fourth-order valence-electron chi connectivity index (χ4n) is 4.72. The fraction of sp³-hybridized carbons (Fsp3) is 0.478. The zero-order valence-electron chi connectivity index (χ0n) is 20.3. The first-order valence-electron chi connectivity index (χ1n) is 11.6. The lowest BCUT2D eigenvalue weighted by atomic mass is 9.95. The molecular weight excluding hydrogens is 506 g/mol. The Hall–Kier alpha value is -3.81. The predicted molar refractivity (Wildman–Crippen MR) is 129 cm³/mol. The number of thioether (sulfide) groups is 1. The SMILES string of the molecule is CCN1CCN(C(=O)NC(C(=O)NC2C(=O)N3[C@@H]2SC(C)(C)[C@@H]3C(=O)O)c2ccc(O)cc2)C(=O)C1=O. The Labute approximate surface area is 216 Å². The Morgan fingerprint density at radius 2 is 1.76 bits per heavy atom. The van der Waals surface area contributed by atoms with Crippen molar-refractivity contribution < 1.29 is 39.0 Å². The molecule has 4 N–H and O–H groups in total. The Kier molecular flexibility index (Phi) is 6.79. The zero-order valence-corrected chi connectivity index (χ0v) is 21.2. The summed E-state index contributed by atoms with van der Waals surface area (Å²) in [6, 6.07) is 0.979. The van der Waals surface area contributed by atoms with Crippen LogP contribution in [0.5, 0.6) is 5.75 Å². The molecule has 3 saturated heterocycles. The van der Waals surface area contributed by atoms with E-state index in [1.807, 2.05) is 0 Å². The number of carbonyl (C=O) groups excluding carboxylic acids is 5. The van der Waals surface area contributed by atoms with Gasteiger partial charge in [-0.3, -0.25) is 24.1 Å². The molecule has 2 unspecified atom stereocenters. The highest BCUT2D eigenvalue weighted by Gasteiger charge is 2.64. The Balaban J connectivity index is 1.53. The van der Waals surface area contributed by atoms with Crippen molar-refractivity contribution in [1.29, 1.82) is 0 Å². The van der Waals surface area contributed by atoms with Gasteiger partial charge in [-0.05, 0) is 38.5 Å². The number of aromatic hydroxyl groups is 1. The molecule has 0 radical (unpaired) electrons. The number of benzene rings is 1. The van der Waals surface area contributed by atoms with Crippen LogP contribution in [0, 0.1) is 0 Å². The van der Waals surface area contributed by atoms with E-state index >= 15 is 0 Å². The van der Waals surface area contributed by atoms with E-state index in [4.69, 9.17) is 0 Å². The molecule has 37 heavy (non-hydrogen) atoms. The highest BCUT2D eigenvalue weighted by atomic mass is 32.2. The lowest BCUT2D eigenvalue weighted by Crippen LogP contribution is -2.71. The van der Waals surface area contributed by atoms with Crippen molar-refractivity contribution in [3.63, 3.8) is 0 Å². The highest BCUT2D eigenvalue weighted by molar-refractivity contribution is 8.01. The maximum Gasteiger partial charge on any atom is 0.327 e. The topological polar surface area (TPSA) is 177 Å². The molecule has 3 heterocycles. The minimum Gasteiger partial charge on any atom is -0.508 e. The predicted octanol–water partition coefficient (Wildman–Crippen LogP) is -0.535. The van der Waals surface area contributed by atoms with Crippen LogP contribution in [0.15, 0.2) is 24.3 Å². The molecule has 4 rings (SSSR count). The van der Waals surface area contributed by atoms with E-state index in [0.717, 1.165) is 4.90 Å². The number of nitrogens with one attached hydrogen (secondary N) is 2. The second kappa shape index (κ2) is 9.57. The number of phenols is 1. The first kappa shape index (κ1) is 26.3. The first-order chi connectivity index (χ1) is 17.4. The van der Waals surface area contributed by atoms with E-state index in [-0.39, 0.29) is 24.4 Å². The third-order valence-corrected chi connectivity index (χ3v) is 8.24. The van der Waals surface area contributed by atoms with Crippen molar-refractivity contribution in [2.75, 3.05) is 19.6 Å². The number of rotatable bonds is 6. The van der Waals surface area contributed by atoms with E-state index in [9.17, 15) is 39.0 Å². The molecule has 13 nitrogen and oxygen atoms in total. The summed E-state index contributed by atoms with van der Waals surface area (Å²) in [6.45, 7) is 5.51. The van der Waals surface area contributed by atoms with Gasteiger partial charge in [0.05, 0.1) is 0 Å². The van der Waals surface area contributed by atoms with Crippen LogP contribution in [0.2, 0.25) is 0 Å². The molecular formula is C23H27N5O8S. The smallest absolute Gasteiger partial charge is 0.327 e. The van der Waals surface area contributed by atoms with E-state index in [1.54, 1.807) is 20.8 Å². The van der Waals surface area contributed by atoms with Crippen LogP contribution in [0.25, 0.3) is 0 Å². The zero-order chi connectivity index (χ0) is 27.2. The number of piperazine rings is 1. The maximum absolute atomic E-state index is 13.3. The highest BCUT2D eigenvalue weighted by Crippen LogP contribution is 2.50.